The van der Waals surface area contributed by atoms with Crippen LogP contribution in [0.25, 0.3) is 0 Å². The maximum Gasteiger partial charge on any atom is 0.145 e. The Balaban J connectivity index is 2.32. The van der Waals surface area contributed by atoms with E-state index in [0.29, 0.717) is 16.2 Å². The van der Waals surface area contributed by atoms with Crippen molar-refractivity contribution in [3.05, 3.63) is 53.6 Å². The van der Waals surface area contributed by atoms with Gasteiger partial charge in [0.25, 0.3) is 0 Å². The summed E-state index contributed by atoms with van der Waals surface area (Å²) in [4.78, 5) is 0.511. The summed E-state index contributed by atoms with van der Waals surface area (Å²) in [5.41, 5.74) is 1.20. The van der Waals surface area contributed by atoms with Crippen molar-refractivity contribution in [2.45, 2.75) is 4.90 Å². The summed E-state index contributed by atoms with van der Waals surface area (Å²) >= 11 is 1.27. The van der Waals surface area contributed by atoms with Crippen LogP contribution in [0.3, 0.4) is 0 Å². The average Bonchev–Trinajstić information content (AvgIpc) is 2.47. The minimum Gasteiger partial charge on any atom is -0.508 e. The lowest BCUT2D eigenvalue weighted by molar-refractivity contribution is 0.322. The van der Waals surface area contributed by atoms with E-state index in [2.05, 4.69) is 11.8 Å². The highest BCUT2D eigenvalue weighted by atomic mass is 32.2. The Morgan fingerprint density at radius 2 is 1.75 bits per heavy atom. The highest BCUT2D eigenvalue weighted by Gasteiger charge is 2.08. The molecule has 0 atom stereocenters. The molecule has 0 saturated carbocycles. The van der Waals surface area contributed by atoms with E-state index in [-0.39, 0.29) is 18.1 Å². The standard InChI is InChI=1S/C16H14O3S/c17-8-9-20-15-11-14(18)10-13(16(15)19)7-6-12-4-2-1-3-5-12/h1-5,10-11,17-19H,8-9H2. The number of aromatic hydroxyl groups is 2. The lowest BCUT2D eigenvalue weighted by atomic mass is 10.1. The van der Waals surface area contributed by atoms with Crippen LogP contribution < -0.4 is 0 Å². The molecule has 0 aliphatic rings. The monoisotopic (exact) mass is 286 g/mol. The van der Waals surface area contributed by atoms with Crippen LogP contribution in [0.5, 0.6) is 11.5 Å². The Bertz CT molecular complexity index is 642. The van der Waals surface area contributed by atoms with E-state index < -0.39 is 0 Å². The first-order chi connectivity index (χ1) is 9.70. The summed E-state index contributed by atoms with van der Waals surface area (Å²) < 4.78 is 0. The van der Waals surface area contributed by atoms with Gasteiger partial charge in [-0.15, -0.1) is 11.8 Å². The van der Waals surface area contributed by atoms with E-state index in [1.165, 1.54) is 23.9 Å². The number of rotatable bonds is 3. The number of hydrogen-bond acceptors (Lipinski definition) is 4. The van der Waals surface area contributed by atoms with Gasteiger partial charge in [-0.05, 0) is 24.3 Å². The van der Waals surface area contributed by atoms with Crippen LogP contribution in [0.2, 0.25) is 0 Å². The van der Waals surface area contributed by atoms with E-state index in [4.69, 9.17) is 5.11 Å². The van der Waals surface area contributed by atoms with Crippen molar-refractivity contribution in [3.63, 3.8) is 0 Å². The van der Waals surface area contributed by atoms with Gasteiger partial charge in [0.2, 0.25) is 0 Å². The fourth-order valence-electron chi connectivity index (χ4n) is 1.62. The van der Waals surface area contributed by atoms with E-state index >= 15 is 0 Å². The van der Waals surface area contributed by atoms with Crippen LogP contribution >= 0.6 is 11.8 Å². The molecule has 2 aromatic rings. The van der Waals surface area contributed by atoms with Crippen molar-refractivity contribution >= 4 is 11.8 Å². The van der Waals surface area contributed by atoms with Crippen LogP contribution in [0.15, 0.2) is 47.4 Å². The number of aliphatic hydroxyl groups is 1. The van der Waals surface area contributed by atoms with Crippen molar-refractivity contribution in [2.24, 2.45) is 0 Å². The van der Waals surface area contributed by atoms with Gasteiger partial charge in [-0.2, -0.15) is 0 Å². The predicted octanol–water partition coefficient (Wildman–Crippen LogP) is 2.58. The molecule has 102 valence electrons. The Labute approximate surface area is 121 Å². The molecular formula is C16H14O3S. The molecule has 4 heteroatoms. The lowest BCUT2D eigenvalue weighted by Gasteiger charge is -2.06. The molecule has 20 heavy (non-hydrogen) atoms. The Kier molecular flexibility index (Phi) is 4.94. The second-order valence-corrected chi connectivity index (χ2v) is 5.16. The third kappa shape index (κ3) is 3.70. The molecule has 0 radical (unpaired) electrons. The van der Waals surface area contributed by atoms with Gasteiger partial charge in [-0.25, -0.2) is 0 Å². The molecule has 2 rings (SSSR count). The zero-order chi connectivity index (χ0) is 14.4. The lowest BCUT2D eigenvalue weighted by Crippen LogP contribution is -1.88. The van der Waals surface area contributed by atoms with Crippen LogP contribution in [-0.4, -0.2) is 27.7 Å². The molecule has 3 nitrogen and oxygen atoms in total. The molecule has 0 aromatic heterocycles. The Hall–Kier alpha value is -2.09. The van der Waals surface area contributed by atoms with Gasteiger partial charge >= 0.3 is 0 Å². The second-order valence-electron chi connectivity index (χ2n) is 4.03. The molecule has 0 aliphatic carbocycles. The molecule has 0 heterocycles. The zero-order valence-corrected chi connectivity index (χ0v) is 11.5. The maximum absolute atomic E-state index is 10.1. The van der Waals surface area contributed by atoms with E-state index in [0.717, 1.165) is 5.56 Å². The summed E-state index contributed by atoms with van der Waals surface area (Å²) in [7, 11) is 0. The molecule has 0 amide bonds. The van der Waals surface area contributed by atoms with Crippen molar-refractivity contribution in [3.8, 4) is 23.3 Å². The summed E-state index contributed by atoms with van der Waals surface area (Å²) in [5.74, 6) is 6.30. The molecular weight excluding hydrogens is 272 g/mol. The van der Waals surface area contributed by atoms with Crippen molar-refractivity contribution in [2.75, 3.05) is 12.4 Å². The number of thioether (sulfide) groups is 1. The number of phenols is 2. The molecule has 0 bridgehead atoms. The van der Waals surface area contributed by atoms with Crippen LogP contribution in [0, 0.1) is 11.8 Å². The number of benzene rings is 2. The molecule has 0 aliphatic heterocycles. The smallest absolute Gasteiger partial charge is 0.145 e. The first kappa shape index (κ1) is 14.3. The van der Waals surface area contributed by atoms with Crippen LogP contribution in [0.1, 0.15) is 11.1 Å². The van der Waals surface area contributed by atoms with Crippen molar-refractivity contribution < 1.29 is 15.3 Å². The average molecular weight is 286 g/mol. The Morgan fingerprint density at radius 1 is 1.00 bits per heavy atom. The molecule has 0 unspecified atom stereocenters. The van der Waals surface area contributed by atoms with E-state index in [1.54, 1.807) is 0 Å². The topological polar surface area (TPSA) is 60.7 Å². The fourth-order valence-corrected chi connectivity index (χ4v) is 2.38. The number of hydrogen-bond donors (Lipinski definition) is 3. The molecule has 0 saturated heterocycles. The number of aliphatic hydroxyl groups excluding tert-OH is 1. The fraction of sp³-hybridized carbons (Fsp3) is 0.125. The SMILES string of the molecule is OCCSc1cc(O)cc(C#Cc2ccccc2)c1O. The van der Waals surface area contributed by atoms with Gasteiger partial charge < -0.3 is 15.3 Å². The first-order valence-corrected chi connectivity index (χ1v) is 7.06. The summed E-state index contributed by atoms with van der Waals surface area (Å²) in [5, 5.41) is 28.6. The summed E-state index contributed by atoms with van der Waals surface area (Å²) in [6, 6.07) is 12.3. The van der Waals surface area contributed by atoms with Crippen LogP contribution in [0.4, 0.5) is 0 Å². The van der Waals surface area contributed by atoms with Gasteiger partial charge in [0.05, 0.1) is 17.1 Å². The van der Waals surface area contributed by atoms with E-state index in [1.807, 2.05) is 30.3 Å². The third-order valence-corrected chi connectivity index (χ3v) is 3.53. The summed E-state index contributed by atoms with van der Waals surface area (Å²) in [6.45, 7) is 0.00475. The first-order valence-electron chi connectivity index (χ1n) is 6.07. The van der Waals surface area contributed by atoms with Crippen molar-refractivity contribution in [1.82, 2.24) is 0 Å². The third-order valence-electron chi connectivity index (χ3n) is 2.52. The minimum absolute atomic E-state index is 0.00475. The predicted molar refractivity (Wildman–Crippen MR) is 80.0 cm³/mol. The number of phenolic OH excluding ortho intramolecular Hbond substituents is 2. The Morgan fingerprint density at radius 3 is 2.45 bits per heavy atom. The zero-order valence-electron chi connectivity index (χ0n) is 10.7. The minimum atomic E-state index is 0.00475. The highest BCUT2D eigenvalue weighted by Crippen LogP contribution is 2.34. The molecule has 3 N–H and O–H groups in total. The van der Waals surface area contributed by atoms with Crippen molar-refractivity contribution in [1.29, 1.82) is 0 Å². The summed E-state index contributed by atoms with van der Waals surface area (Å²) in [6.07, 6.45) is 0. The maximum atomic E-state index is 10.1. The molecule has 0 fully saturated rings. The quantitative estimate of drug-likeness (QED) is 0.461. The van der Waals surface area contributed by atoms with E-state index in [9.17, 15) is 10.2 Å². The van der Waals surface area contributed by atoms with Crippen LogP contribution in [-0.2, 0) is 0 Å². The van der Waals surface area contributed by atoms with Gasteiger partial charge in [-0.3, -0.25) is 0 Å². The second kappa shape index (κ2) is 6.90. The van der Waals surface area contributed by atoms with Gasteiger partial charge in [-0.1, -0.05) is 30.0 Å². The van der Waals surface area contributed by atoms with Gasteiger partial charge in [0.1, 0.15) is 11.5 Å². The highest BCUT2D eigenvalue weighted by molar-refractivity contribution is 7.99. The normalized spacial score (nSPS) is 9.85. The molecule has 2 aromatic carbocycles. The molecule has 0 spiro atoms. The van der Waals surface area contributed by atoms with Gasteiger partial charge in [0.15, 0.2) is 0 Å². The largest absolute Gasteiger partial charge is 0.508 e. The van der Waals surface area contributed by atoms with Gasteiger partial charge in [0, 0.05) is 11.3 Å².